The molecule has 2 aromatic rings. The van der Waals surface area contributed by atoms with E-state index in [9.17, 15) is 9.59 Å². The third kappa shape index (κ3) is 2.79. The number of nitrogens with zero attached hydrogens (tertiary/aromatic N) is 1. The topological polar surface area (TPSA) is 80.9 Å². The van der Waals surface area contributed by atoms with E-state index in [1.165, 1.54) is 10.5 Å². The standard InChI is InChI=1S/C15H16N2O4/c1-3-20-14(18)10-9-11(15(19)21-4-2)13(16)17-8-6-5-7-12(10)17/h5-9,16H,3-4H2,1-2H3. The summed E-state index contributed by atoms with van der Waals surface area (Å²) in [6, 6.07) is 6.52. The second-order valence-corrected chi connectivity index (χ2v) is 4.22. The van der Waals surface area contributed by atoms with Crippen LogP contribution in [0.25, 0.3) is 5.52 Å². The normalized spacial score (nSPS) is 10.4. The van der Waals surface area contributed by atoms with Crippen molar-refractivity contribution in [3.8, 4) is 0 Å². The molecule has 0 aliphatic rings. The number of fused-ring (bicyclic) bond motifs is 1. The number of hydrogen-bond donors (Lipinski definition) is 1. The van der Waals surface area contributed by atoms with Crippen molar-refractivity contribution < 1.29 is 19.1 Å². The first-order valence-electron chi connectivity index (χ1n) is 6.63. The number of pyridine rings is 2. The van der Waals surface area contributed by atoms with E-state index in [2.05, 4.69) is 0 Å². The summed E-state index contributed by atoms with van der Waals surface area (Å²) in [6.45, 7) is 3.82. The third-order valence-corrected chi connectivity index (χ3v) is 2.91. The highest BCUT2D eigenvalue weighted by molar-refractivity contribution is 6.00. The van der Waals surface area contributed by atoms with Crippen molar-refractivity contribution in [2.45, 2.75) is 13.8 Å². The third-order valence-electron chi connectivity index (χ3n) is 2.91. The number of nitrogens with one attached hydrogen (secondary N) is 1. The van der Waals surface area contributed by atoms with Crippen LogP contribution in [0.5, 0.6) is 0 Å². The first-order valence-corrected chi connectivity index (χ1v) is 6.63. The predicted molar refractivity (Wildman–Crippen MR) is 75.2 cm³/mol. The van der Waals surface area contributed by atoms with Crippen LogP contribution in [0.4, 0.5) is 0 Å². The average Bonchev–Trinajstić information content (AvgIpc) is 2.48. The minimum atomic E-state index is -0.633. The van der Waals surface area contributed by atoms with Crippen molar-refractivity contribution >= 4 is 17.5 Å². The van der Waals surface area contributed by atoms with Gasteiger partial charge in [0.1, 0.15) is 11.1 Å². The molecule has 0 amide bonds. The van der Waals surface area contributed by atoms with Gasteiger partial charge in [0.25, 0.3) is 0 Å². The molecule has 0 saturated heterocycles. The molecule has 2 rings (SSSR count). The van der Waals surface area contributed by atoms with Gasteiger partial charge < -0.3 is 13.9 Å². The Labute approximate surface area is 121 Å². The van der Waals surface area contributed by atoms with E-state index in [1.54, 1.807) is 38.2 Å². The lowest BCUT2D eigenvalue weighted by molar-refractivity contribution is 0.0523. The van der Waals surface area contributed by atoms with Gasteiger partial charge in [-0.3, -0.25) is 5.41 Å². The SMILES string of the molecule is CCOC(=O)c1cc(C(=O)OCC)c2ccccn2c1=N. The second kappa shape index (κ2) is 6.21. The molecule has 0 unspecified atom stereocenters. The Morgan fingerprint density at radius 2 is 1.71 bits per heavy atom. The molecule has 6 nitrogen and oxygen atoms in total. The number of hydrogen-bond acceptors (Lipinski definition) is 5. The van der Waals surface area contributed by atoms with E-state index < -0.39 is 11.9 Å². The van der Waals surface area contributed by atoms with Crippen molar-refractivity contribution in [3.05, 3.63) is 47.1 Å². The molecule has 2 aromatic heterocycles. The van der Waals surface area contributed by atoms with Gasteiger partial charge in [0.2, 0.25) is 0 Å². The van der Waals surface area contributed by atoms with Crippen molar-refractivity contribution in [2.24, 2.45) is 0 Å². The molecule has 0 bridgehead atoms. The summed E-state index contributed by atoms with van der Waals surface area (Å²) in [5, 5.41) is 8.10. The van der Waals surface area contributed by atoms with Gasteiger partial charge in [0, 0.05) is 6.20 Å². The van der Waals surface area contributed by atoms with Crippen molar-refractivity contribution in [3.63, 3.8) is 0 Å². The summed E-state index contributed by atoms with van der Waals surface area (Å²) >= 11 is 0. The Bertz CT molecular complexity index is 749. The van der Waals surface area contributed by atoms with Crippen molar-refractivity contribution in [2.75, 3.05) is 13.2 Å². The quantitative estimate of drug-likeness (QED) is 0.869. The maximum absolute atomic E-state index is 12.1. The van der Waals surface area contributed by atoms with Crippen LogP contribution in [-0.2, 0) is 9.47 Å². The highest BCUT2D eigenvalue weighted by atomic mass is 16.5. The number of aromatic nitrogens is 1. The highest BCUT2D eigenvalue weighted by Gasteiger charge is 2.18. The number of carbonyl (C=O) groups excluding carboxylic acids is 2. The van der Waals surface area contributed by atoms with E-state index in [4.69, 9.17) is 14.9 Å². The van der Waals surface area contributed by atoms with Crippen molar-refractivity contribution in [1.29, 1.82) is 5.41 Å². The van der Waals surface area contributed by atoms with Crippen LogP contribution < -0.4 is 5.49 Å². The number of ether oxygens (including phenoxy) is 2. The first kappa shape index (κ1) is 14.8. The highest BCUT2D eigenvalue weighted by Crippen LogP contribution is 2.13. The minimum Gasteiger partial charge on any atom is -0.462 e. The minimum absolute atomic E-state index is 0.0305. The maximum atomic E-state index is 12.1. The van der Waals surface area contributed by atoms with Gasteiger partial charge in [-0.05, 0) is 32.0 Å². The lowest BCUT2D eigenvalue weighted by atomic mass is 10.1. The van der Waals surface area contributed by atoms with Crippen LogP contribution in [0.15, 0.2) is 30.5 Å². The van der Waals surface area contributed by atoms with Crippen LogP contribution in [0.2, 0.25) is 0 Å². The molecule has 6 heteroatoms. The lowest BCUT2D eigenvalue weighted by Crippen LogP contribution is -2.26. The van der Waals surface area contributed by atoms with Crippen LogP contribution in [0.1, 0.15) is 34.6 Å². The Morgan fingerprint density at radius 3 is 2.33 bits per heavy atom. The maximum Gasteiger partial charge on any atom is 0.341 e. The molecule has 0 aliphatic heterocycles. The summed E-state index contributed by atoms with van der Waals surface area (Å²) in [5.74, 6) is -1.17. The smallest absolute Gasteiger partial charge is 0.341 e. The lowest BCUT2D eigenvalue weighted by Gasteiger charge is -2.11. The van der Waals surface area contributed by atoms with Gasteiger partial charge in [0.15, 0.2) is 0 Å². The molecule has 110 valence electrons. The van der Waals surface area contributed by atoms with Crippen LogP contribution in [-0.4, -0.2) is 29.6 Å². The molecule has 0 spiro atoms. The fourth-order valence-electron chi connectivity index (χ4n) is 2.01. The van der Waals surface area contributed by atoms with Crippen molar-refractivity contribution in [1.82, 2.24) is 4.40 Å². The Hall–Kier alpha value is -2.63. The monoisotopic (exact) mass is 288 g/mol. The number of esters is 2. The predicted octanol–water partition coefficient (Wildman–Crippen LogP) is 1.77. The van der Waals surface area contributed by atoms with Gasteiger partial charge in [-0.2, -0.15) is 0 Å². The first-order chi connectivity index (χ1) is 10.1. The molecule has 0 radical (unpaired) electrons. The molecule has 0 aromatic carbocycles. The molecule has 0 fully saturated rings. The molecule has 0 aliphatic carbocycles. The van der Waals surface area contributed by atoms with E-state index >= 15 is 0 Å². The Balaban J connectivity index is 2.72. The second-order valence-electron chi connectivity index (χ2n) is 4.22. The average molecular weight is 288 g/mol. The van der Waals surface area contributed by atoms with Gasteiger partial charge in [-0.25, -0.2) is 9.59 Å². The van der Waals surface area contributed by atoms with E-state index in [1.807, 2.05) is 0 Å². The molecular weight excluding hydrogens is 272 g/mol. The fourth-order valence-corrected chi connectivity index (χ4v) is 2.01. The fraction of sp³-hybridized carbons (Fsp3) is 0.267. The summed E-state index contributed by atoms with van der Waals surface area (Å²) < 4.78 is 11.4. The molecule has 21 heavy (non-hydrogen) atoms. The van der Waals surface area contributed by atoms with Crippen LogP contribution in [0, 0.1) is 5.41 Å². The van der Waals surface area contributed by atoms with Crippen LogP contribution >= 0.6 is 0 Å². The van der Waals surface area contributed by atoms with E-state index in [0.717, 1.165) is 0 Å². The van der Waals surface area contributed by atoms with E-state index in [-0.39, 0.29) is 29.8 Å². The molecule has 2 heterocycles. The Morgan fingerprint density at radius 1 is 1.10 bits per heavy atom. The Kier molecular flexibility index (Phi) is 4.37. The van der Waals surface area contributed by atoms with Gasteiger partial charge in [-0.1, -0.05) is 6.07 Å². The summed E-state index contributed by atoms with van der Waals surface area (Å²) in [5.41, 5.74) is 0.742. The summed E-state index contributed by atoms with van der Waals surface area (Å²) in [4.78, 5) is 24.0. The largest absolute Gasteiger partial charge is 0.462 e. The number of rotatable bonds is 4. The van der Waals surface area contributed by atoms with Gasteiger partial charge in [-0.15, -0.1) is 0 Å². The molecular formula is C15H16N2O4. The zero-order valence-corrected chi connectivity index (χ0v) is 11.9. The van der Waals surface area contributed by atoms with Gasteiger partial charge in [0.05, 0.1) is 24.3 Å². The summed E-state index contributed by atoms with van der Waals surface area (Å²) in [6.07, 6.45) is 1.61. The van der Waals surface area contributed by atoms with Gasteiger partial charge >= 0.3 is 11.9 Å². The molecule has 0 atom stereocenters. The zero-order valence-electron chi connectivity index (χ0n) is 11.9. The molecule has 0 saturated carbocycles. The van der Waals surface area contributed by atoms with Crippen LogP contribution in [0.3, 0.4) is 0 Å². The number of carbonyl (C=O) groups is 2. The summed E-state index contributed by atoms with van der Waals surface area (Å²) in [7, 11) is 0. The molecule has 1 N–H and O–H groups in total. The zero-order chi connectivity index (χ0) is 15.4. The van der Waals surface area contributed by atoms with E-state index in [0.29, 0.717) is 5.52 Å².